The van der Waals surface area contributed by atoms with Gasteiger partial charge in [0.05, 0.1) is 5.69 Å². The molecule has 0 aromatic carbocycles. The normalized spacial score (nSPS) is 15.2. The fraction of sp³-hybridized carbons (Fsp3) is 0.750. The Labute approximate surface area is 102 Å². The number of aromatic nitrogens is 1. The zero-order valence-corrected chi connectivity index (χ0v) is 10.6. The van der Waals surface area contributed by atoms with Crippen LogP contribution in [0.5, 0.6) is 0 Å². The van der Waals surface area contributed by atoms with Crippen LogP contribution < -0.4 is 10.2 Å². The van der Waals surface area contributed by atoms with Crippen LogP contribution in [0, 0.1) is 0 Å². The van der Waals surface area contributed by atoms with Crippen molar-refractivity contribution >= 4 is 6.01 Å². The number of hydrogen-bond donors (Lipinski definition) is 1. The van der Waals surface area contributed by atoms with Crippen molar-refractivity contribution in [3.05, 3.63) is 12.0 Å². The van der Waals surface area contributed by atoms with Gasteiger partial charge in [-0.2, -0.15) is 4.98 Å². The summed E-state index contributed by atoms with van der Waals surface area (Å²) in [7, 11) is 3.70. The second kappa shape index (κ2) is 6.02. The van der Waals surface area contributed by atoms with Gasteiger partial charge in [-0.25, -0.2) is 0 Å². The number of methoxy groups -OCH3 is 1. The summed E-state index contributed by atoms with van der Waals surface area (Å²) < 4.78 is 10.5. The third-order valence-electron chi connectivity index (χ3n) is 2.86. The summed E-state index contributed by atoms with van der Waals surface area (Å²) >= 11 is 0. The molecule has 96 valence electrons. The predicted octanol–water partition coefficient (Wildman–Crippen LogP) is 1.40. The standard InChI is InChI=1S/C12H21N3O2/c1-15(6-3-7-16-2)12-14-11(9-17-12)8-13-10-4-5-10/h9-10,13H,3-8H2,1-2H3. The fourth-order valence-electron chi connectivity index (χ4n) is 1.63. The Morgan fingerprint density at radius 2 is 2.41 bits per heavy atom. The van der Waals surface area contributed by atoms with Gasteiger partial charge in [-0.1, -0.05) is 0 Å². The highest BCUT2D eigenvalue weighted by atomic mass is 16.5. The van der Waals surface area contributed by atoms with Crippen molar-refractivity contribution in [2.75, 3.05) is 32.2 Å². The molecule has 1 aromatic rings. The Morgan fingerprint density at radius 3 is 3.12 bits per heavy atom. The second-order valence-electron chi connectivity index (χ2n) is 4.54. The van der Waals surface area contributed by atoms with Gasteiger partial charge in [0.15, 0.2) is 0 Å². The topological polar surface area (TPSA) is 50.5 Å². The van der Waals surface area contributed by atoms with Crippen LogP contribution in [-0.2, 0) is 11.3 Å². The molecule has 5 heteroatoms. The fourth-order valence-corrected chi connectivity index (χ4v) is 1.63. The zero-order chi connectivity index (χ0) is 12.1. The van der Waals surface area contributed by atoms with Crippen molar-refractivity contribution in [3.8, 4) is 0 Å². The third kappa shape index (κ3) is 4.02. The first-order chi connectivity index (χ1) is 8.29. The van der Waals surface area contributed by atoms with Gasteiger partial charge >= 0.3 is 0 Å². The number of hydrogen-bond acceptors (Lipinski definition) is 5. The molecule has 5 nitrogen and oxygen atoms in total. The summed E-state index contributed by atoms with van der Waals surface area (Å²) in [6, 6.07) is 1.39. The van der Waals surface area contributed by atoms with E-state index in [0.29, 0.717) is 12.1 Å². The maximum Gasteiger partial charge on any atom is 0.297 e. The van der Waals surface area contributed by atoms with E-state index in [1.54, 1.807) is 13.4 Å². The van der Waals surface area contributed by atoms with Crippen LogP contribution in [0.4, 0.5) is 6.01 Å². The molecule has 0 aliphatic heterocycles. The monoisotopic (exact) mass is 239 g/mol. The van der Waals surface area contributed by atoms with Crippen LogP contribution in [0.1, 0.15) is 25.0 Å². The van der Waals surface area contributed by atoms with E-state index in [9.17, 15) is 0 Å². The minimum Gasteiger partial charge on any atom is -0.432 e. The molecule has 17 heavy (non-hydrogen) atoms. The van der Waals surface area contributed by atoms with Crippen LogP contribution in [0.15, 0.2) is 10.7 Å². The highest BCUT2D eigenvalue weighted by Crippen LogP contribution is 2.19. The number of ether oxygens (including phenoxy) is 1. The minimum atomic E-state index is 0.689. The molecule has 2 rings (SSSR count). The van der Waals surface area contributed by atoms with Crippen LogP contribution in [0.2, 0.25) is 0 Å². The Balaban J connectivity index is 1.75. The molecule has 0 spiro atoms. The van der Waals surface area contributed by atoms with E-state index in [4.69, 9.17) is 9.15 Å². The Bertz CT molecular complexity index is 336. The summed E-state index contributed by atoms with van der Waals surface area (Å²) in [6.45, 7) is 2.46. The zero-order valence-electron chi connectivity index (χ0n) is 10.6. The molecule has 1 saturated carbocycles. The first-order valence-corrected chi connectivity index (χ1v) is 6.17. The lowest BCUT2D eigenvalue weighted by Crippen LogP contribution is -2.20. The summed E-state index contributed by atoms with van der Waals surface area (Å²) in [4.78, 5) is 6.46. The van der Waals surface area contributed by atoms with E-state index in [0.717, 1.165) is 31.8 Å². The van der Waals surface area contributed by atoms with Crippen molar-refractivity contribution in [3.63, 3.8) is 0 Å². The van der Waals surface area contributed by atoms with Crippen molar-refractivity contribution in [2.24, 2.45) is 0 Å². The maximum atomic E-state index is 5.44. The average molecular weight is 239 g/mol. The van der Waals surface area contributed by atoms with E-state index in [2.05, 4.69) is 10.3 Å². The average Bonchev–Trinajstić information content (AvgIpc) is 3.04. The lowest BCUT2D eigenvalue weighted by molar-refractivity contribution is 0.196. The summed E-state index contributed by atoms with van der Waals surface area (Å²) in [5, 5.41) is 3.42. The number of oxazole rings is 1. The Hall–Kier alpha value is -1.07. The summed E-state index contributed by atoms with van der Waals surface area (Å²) in [5.41, 5.74) is 0.977. The number of nitrogens with zero attached hydrogens (tertiary/aromatic N) is 2. The molecule has 1 heterocycles. The smallest absolute Gasteiger partial charge is 0.297 e. The predicted molar refractivity (Wildman–Crippen MR) is 66.1 cm³/mol. The second-order valence-corrected chi connectivity index (χ2v) is 4.54. The molecule has 1 N–H and O–H groups in total. The van der Waals surface area contributed by atoms with Crippen molar-refractivity contribution in [1.82, 2.24) is 10.3 Å². The van der Waals surface area contributed by atoms with Crippen LogP contribution >= 0.6 is 0 Å². The quantitative estimate of drug-likeness (QED) is 0.695. The molecule has 0 unspecified atom stereocenters. The number of nitrogens with one attached hydrogen (secondary N) is 1. The van der Waals surface area contributed by atoms with E-state index in [-0.39, 0.29) is 0 Å². The maximum absolute atomic E-state index is 5.44. The Kier molecular flexibility index (Phi) is 4.39. The van der Waals surface area contributed by atoms with Gasteiger partial charge in [-0.3, -0.25) is 0 Å². The van der Waals surface area contributed by atoms with Gasteiger partial charge in [0.2, 0.25) is 0 Å². The first kappa shape index (κ1) is 12.4. The lowest BCUT2D eigenvalue weighted by atomic mass is 10.4. The van der Waals surface area contributed by atoms with E-state index >= 15 is 0 Å². The van der Waals surface area contributed by atoms with Crippen LogP contribution in [-0.4, -0.2) is 38.3 Å². The van der Waals surface area contributed by atoms with Crippen LogP contribution in [0.3, 0.4) is 0 Å². The molecule has 0 amide bonds. The molecule has 0 radical (unpaired) electrons. The molecule has 1 aliphatic carbocycles. The SMILES string of the molecule is COCCCN(C)c1nc(CNC2CC2)co1. The summed E-state index contributed by atoms with van der Waals surface area (Å²) in [5.74, 6) is 0. The van der Waals surface area contributed by atoms with E-state index in [1.165, 1.54) is 12.8 Å². The lowest BCUT2D eigenvalue weighted by Gasteiger charge is -2.13. The number of rotatable bonds is 8. The van der Waals surface area contributed by atoms with Gasteiger partial charge < -0.3 is 19.4 Å². The van der Waals surface area contributed by atoms with E-state index in [1.807, 2.05) is 11.9 Å². The molecule has 0 atom stereocenters. The molecule has 0 bridgehead atoms. The molecule has 1 fully saturated rings. The van der Waals surface area contributed by atoms with Crippen molar-refractivity contribution in [2.45, 2.75) is 31.8 Å². The molecular formula is C12H21N3O2. The molecule has 1 aromatic heterocycles. The molecule has 1 aliphatic rings. The van der Waals surface area contributed by atoms with Crippen molar-refractivity contribution in [1.29, 1.82) is 0 Å². The van der Waals surface area contributed by atoms with Gasteiger partial charge in [-0.05, 0) is 19.3 Å². The van der Waals surface area contributed by atoms with Crippen molar-refractivity contribution < 1.29 is 9.15 Å². The van der Waals surface area contributed by atoms with Gasteiger partial charge in [-0.15, -0.1) is 0 Å². The van der Waals surface area contributed by atoms with Gasteiger partial charge in [0.25, 0.3) is 6.01 Å². The first-order valence-electron chi connectivity index (χ1n) is 6.17. The third-order valence-corrected chi connectivity index (χ3v) is 2.86. The highest BCUT2D eigenvalue weighted by Gasteiger charge is 2.20. The Morgan fingerprint density at radius 1 is 1.59 bits per heavy atom. The summed E-state index contributed by atoms with van der Waals surface area (Å²) in [6.07, 6.45) is 5.30. The van der Waals surface area contributed by atoms with Gasteiger partial charge in [0, 0.05) is 39.9 Å². The largest absolute Gasteiger partial charge is 0.432 e. The number of anilines is 1. The highest BCUT2D eigenvalue weighted by molar-refractivity contribution is 5.25. The molecule has 0 saturated heterocycles. The van der Waals surface area contributed by atoms with Crippen LogP contribution in [0.25, 0.3) is 0 Å². The van der Waals surface area contributed by atoms with E-state index < -0.39 is 0 Å². The molecular weight excluding hydrogens is 218 g/mol. The van der Waals surface area contributed by atoms with Gasteiger partial charge in [0.1, 0.15) is 6.26 Å². The minimum absolute atomic E-state index is 0.689.